The first kappa shape index (κ1) is 15.8. The molecule has 0 bridgehead atoms. The molecule has 2 N–H and O–H groups in total. The SMILES string of the molecule is COc1cc(C(c2ccc(O)c(OC)c2)c2ccco2)ccc1O. The second-order valence-corrected chi connectivity index (χ2v) is 5.31. The van der Waals surface area contributed by atoms with Crippen molar-refractivity contribution in [2.75, 3.05) is 14.2 Å². The highest BCUT2D eigenvalue weighted by atomic mass is 16.5. The van der Waals surface area contributed by atoms with E-state index in [-0.39, 0.29) is 17.4 Å². The van der Waals surface area contributed by atoms with Gasteiger partial charge in [0.05, 0.1) is 26.4 Å². The summed E-state index contributed by atoms with van der Waals surface area (Å²) >= 11 is 0. The minimum absolute atomic E-state index is 0.0720. The molecule has 5 nitrogen and oxygen atoms in total. The lowest BCUT2D eigenvalue weighted by molar-refractivity contribution is 0.371. The van der Waals surface area contributed by atoms with E-state index in [1.54, 1.807) is 30.5 Å². The van der Waals surface area contributed by atoms with Crippen molar-refractivity contribution in [1.82, 2.24) is 0 Å². The number of aromatic hydroxyl groups is 2. The minimum atomic E-state index is -0.232. The number of benzene rings is 2. The number of hydrogen-bond acceptors (Lipinski definition) is 5. The van der Waals surface area contributed by atoms with Crippen molar-refractivity contribution in [2.24, 2.45) is 0 Å². The predicted molar refractivity (Wildman–Crippen MR) is 89.0 cm³/mol. The van der Waals surface area contributed by atoms with Crippen molar-refractivity contribution >= 4 is 0 Å². The van der Waals surface area contributed by atoms with Crippen LogP contribution in [0.25, 0.3) is 0 Å². The topological polar surface area (TPSA) is 72.1 Å². The summed E-state index contributed by atoms with van der Waals surface area (Å²) in [6, 6.07) is 14.0. The standard InChI is InChI=1S/C19H18O5/c1-22-17-10-12(5-7-14(17)20)19(16-4-3-9-24-16)13-6-8-15(21)18(11-13)23-2/h3-11,19-21H,1-2H3. The van der Waals surface area contributed by atoms with Gasteiger partial charge in [-0.3, -0.25) is 0 Å². The van der Waals surface area contributed by atoms with Gasteiger partial charge < -0.3 is 24.1 Å². The van der Waals surface area contributed by atoms with Gasteiger partial charge in [0.15, 0.2) is 23.0 Å². The van der Waals surface area contributed by atoms with Crippen molar-refractivity contribution < 1.29 is 24.1 Å². The van der Waals surface area contributed by atoms with Crippen LogP contribution in [0.2, 0.25) is 0 Å². The molecular formula is C19H18O5. The molecule has 0 atom stereocenters. The second-order valence-electron chi connectivity index (χ2n) is 5.31. The van der Waals surface area contributed by atoms with E-state index in [4.69, 9.17) is 13.9 Å². The molecule has 24 heavy (non-hydrogen) atoms. The van der Waals surface area contributed by atoms with Gasteiger partial charge in [-0.05, 0) is 47.5 Å². The number of methoxy groups -OCH3 is 2. The zero-order valence-corrected chi connectivity index (χ0v) is 13.4. The average molecular weight is 326 g/mol. The third-order valence-electron chi connectivity index (χ3n) is 3.90. The molecule has 0 aliphatic rings. The van der Waals surface area contributed by atoms with Crippen LogP contribution in [0.3, 0.4) is 0 Å². The molecule has 1 aromatic heterocycles. The van der Waals surface area contributed by atoms with Crippen LogP contribution in [-0.4, -0.2) is 24.4 Å². The van der Waals surface area contributed by atoms with Crippen LogP contribution in [0, 0.1) is 0 Å². The Morgan fingerprint density at radius 2 is 1.38 bits per heavy atom. The molecular weight excluding hydrogens is 308 g/mol. The minimum Gasteiger partial charge on any atom is -0.504 e. The average Bonchev–Trinajstić information content (AvgIpc) is 3.12. The molecule has 3 rings (SSSR count). The number of ether oxygens (including phenoxy) is 2. The molecule has 0 amide bonds. The van der Waals surface area contributed by atoms with Gasteiger partial charge in [-0.25, -0.2) is 0 Å². The van der Waals surface area contributed by atoms with Crippen LogP contribution in [0.1, 0.15) is 22.8 Å². The maximum atomic E-state index is 9.83. The summed E-state index contributed by atoms with van der Waals surface area (Å²) in [5.74, 6) is 1.41. The molecule has 2 aromatic carbocycles. The van der Waals surface area contributed by atoms with Crippen molar-refractivity contribution in [3.05, 3.63) is 71.7 Å². The summed E-state index contributed by atoms with van der Waals surface area (Å²) in [6.07, 6.45) is 1.61. The van der Waals surface area contributed by atoms with Gasteiger partial charge >= 0.3 is 0 Å². The summed E-state index contributed by atoms with van der Waals surface area (Å²) < 4.78 is 16.0. The Labute approximate surface area is 139 Å². The van der Waals surface area contributed by atoms with Gasteiger partial charge in [0.1, 0.15) is 5.76 Å². The molecule has 1 heterocycles. The first-order valence-corrected chi connectivity index (χ1v) is 7.41. The van der Waals surface area contributed by atoms with Crippen LogP contribution in [0.15, 0.2) is 59.2 Å². The van der Waals surface area contributed by atoms with Gasteiger partial charge in [-0.15, -0.1) is 0 Å². The summed E-state index contributed by atoms with van der Waals surface area (Å²) in [5, 5.41) is 19.7. The molecule has 0 spiro atoms. The molecule has 0 fully saturated rings. The summed E-state index contributed by atoms with van der Waals surface area (Å²) in [7, 11) is 3.01. The van der Waals surface area contributed by atoms with Gasteiger partial charge in [0, 0.05) is 0 Å². The molecule has 0 saturated carbocycles. The summed E-state index contributed by atoms with van der Waals surface area (Å²) in [4.78, 5) is 0. The molecule has 0 unspecified atom stereocenters. The lowest BCUT2D eigenvalue weighted by Crippen LogP contribution is -2.03. The highest BCUT2D eigenvalue weighted by molar-refractivity contribution is 5.51. The van der Waals surface area contributed by atoms with E-state index in [2.05, 4.69) is 0 Å². The molecule has 3 aromatic rings. The summed E-state index contributed by atoms with van der Waals surface area (Å²) in [6.45, 7) is 0. The molecule has 0 aliphatic heterocycles. The van der Waals surface area contributed by atoms with Crippen LogP contribution in [0.5, 0.6) is 23.0 Å². The third kappa shape index (κ3) is 2.88. The third-order valence-corrected chi connectivity index (χ3v) is 3.90. The first-order chi connectivity index (χ1) is 11.6. The van der Waals surface area contributed by atoms with Crippen molar-refractivity contribution in [3.8, 4) is 23.0 Å². The molecule has 0 radical (unpaired) electrons. The maximum absolute atomic E-state index is 9.83. The Morgan fingerprint density at radius 3 is 1.79 bits per heavy atom. The number of hydrogen-bond donors (Lipinski definition) is 2. The maximum Gasteiger partial charge on any atom is 0.160 e. The fraction of sp³-hybridized carbons (Fsp3) is 0.158. The monoisotopic (exact) mass is 326 g/mol. The number of rotatable bonds is 5. The predicted octanol–water partition coefficient (Wildman–Crippen LogP) is 3.89. The van der Waals surface area contributed by atoms with E-state index in [1.165, 1.54) is 14.2 Å². The highest BCUT2D eigenvalue weighted by Crippen LogP contribution is 2.39. The first-order valence-electron chi connectivity index (χ1n) is 7.41. The Hall–Kier alpha value is -3.08. The van der Waals surface area contributed by atoms with E-state index in [9.17, 15) is 10.2 Å². The van der Waals surface area contributed by atoms with Crippen LogP contribution in [0.4, 0.5) is 0 Å². The molecule has 0 aliphatic carbocycles. The lowest BCUT2D eigenvalue weighted by Gasteiger charge is -2.18. The Morgan fingerprint density at radius 1 is 0.833 bits per heavy atom. The van der Waals surface area contributed by atoms with Crippen molar-refractivity contribution in [2.45, 2.75) is 5.92 Å². The normalized spacial score (nSPS) is 10.8. The molecule has 0 saturated heterocycles. The second kappa shape index (κ2) is 6.58. The van der Waals surface area contributed by atoms with E-state index in [1.807, 2.05) is 24.3 Å². The van der Waals surface area contributed by atoms with Crippen LogP contribution in [-0.2, 0) is 0 Å². The molecule has 124 valence electrons. The van der Waals surface area contributed by atoms with E-state index in [0.29, 0.717) is 11.5 Å². The quantitative estimate of drug-likeness (QED) is 0.744. The van der Waals surface area contributed by atoms with Crippen LogP contribution >= 0.6 is 0 Å². The zero-order chi connectivity index (χ0) is 17.1. The largest absolute Gasteiger partial charge is 0.504 e. The van der Waals surface area contributed by atoms with Gasteiger partial charge in [0.25, 0.3) is 0 Å². The van der Waals surface area contributed by atoms with Gasteiger partial charge in [-0.2, -0.15) is 0 Å². The zero-order valence-electron chi connectivity index (χ0n) is 13.4. The van der Waals surface area contributed by atoms with Crippen molar-refractivity contribution in [3.63, 3.8) is 0 Å². The fourth-order valence-electron chi connectivity index (χ4n) is 2.72. The van der Waals surface area contributed by atoms with Gasteiger partial charge in [0.2, 0.25) is 0 Å². The number of phenolic OH excluding ortho intramolecular Hbond substituents is 2. The number of furan rings is 1. The Balaban J connectivity index is 2.15. The smallest absolute Gasteiger partial charge is 0.160 e. The fourth-order valence-corrected chi connectivity index (χ4v) is 2.72. The molecule has 5 heteroatoms. The lowest BCUT2D eigenvalue weighted by atomic mass is 9.88. The van der Waals surface area contributed by atoms with E-state index >= 15 is 0 Å². The van der Waals surface area contributed by atoms with Crippen molar-refractivity contribution in [1.29, 1.82) is 0 Å². The van der Waals surface area contributed by atoms with E-state index in [0.717, 1.165) is 16.9 Å². The number of phenols is 2. The Kier molecular flexibility index (Phi) is 4.33. The van der Waals surface area contributed by atoms with Crippen LogP contribution < -0.4 is 9.47 Å². The highest BCUT2D eigenvalue weighted by Gasteiger charge is 2.22. The Bertz CT molecular complexity index is 770. The van der Waals surface area contributed by atoms with Gasteiger partial charge in [-0.1, -0.05) is 12.1 Å². The summed E-state index contributed by atoms with van der Waals surface area (Å²) in [5.41, 5.74) is 1.76. The van der Waals surface area contributed by atoms with E-state index < -0.39 is 0 Å².